The third kappa shape index (κ3) is 4.06. The van der Waals surface area contributed by atoms with Crippen molar-refractivity contribution in [2.45, 2.75) is 32.6 Å². The van der Waals surface area contributed by atoms with Crippen LogP contribution in [-0.2, 0) is 19.6 Å². The van der Waals surface area contributed by atoms with E-state index in [4.69, 9.17) is 0 Å². The number of fused-ring (bicyclic) bond motifs is 1. The lowest BCUT2D eigenvalue weighted by atomic mass is 10.1. The molecule has 1 aliphatic heterocycles. The maximum absolute atomic E-state index is 12.4. The molecular weight excluding hydrogens is 338 g/mol. The second-order valence-electron chi connectivity index (χ2n) is 6.95. The van der Waals surface area contributed by atoms with E-state index < -0.39 is 0 Å². The lowest BCUT2D eigenvalue weighted by molar-refractivity contribution is 0.0893. The molecular formula is C21H23N5O. The van der Waals surface area contributed by atoms with Crippen LogP contribution in [0.2, 0.25) is 0 Å². The van der Waals surface area contributed by atoms with Gasteiger partial charge in [0.05, 0.1) is 11.9 Å². The van der Waals surface area contributed by atoms with Crippen molar-refractivity contribution in [1.29, 1.82) is 0 Å². The predicted octanol–water partition coefficient (Wildman–Crippen LogP) is 2.40. The first-order valence-corrected chi connectivity index (χ1v) is 9.18. The zero-order valence-corrected chi connectivity index (χ0v) is 15.4. The minimum absolute atomic E-state index is 0.180. The second-order valence-corrected chi connectivity index (χ2v) is 6.95. The minimum atomic E-state index is -0.180. The number of nitrogens with one attached hydrogen (secondary N) is 1. The van der Waals surface area contributed by atoms with Gasteiger partial charge in [-0.3, -0.25) is 14.7 Å². The lowest BCUT2D eigenvalue weighted by Crippen LogP contribution is -2.48. The van der Waals surface area contributed by atoms with E-state index in [0.29, 0.717) is 12.2 Å². The number of hydrogen-bond donors (Lipinski definition) is 1. The summed E-state index contributed by atoms with van der Waals surface area (Å²) in [6.07, 6.45) is 5.25. The fourth-order valence-electron chi connectivity index (χ4n) is 3.46. The Labute approximate surface area is 158 Å². The molecule has 0 saturated heterocycles. The fourth-order valence-corrected chi connectivity index (χ4v) is 3.46. The molecule has 0 fully saturated rings. The average Bonchev–Trinajstić information content (AvgIpc) is 3.14. The van der Waals surface area contributed by atoms with Crippen LogP contribution in [0.25, 0.3) is 0 Å². The largest absolute Gasteiger partial charge is 0.349 e. The maximum Gasteiger partial charge on any atom is 0.271 e. The summed E-state index contributed by atoms with van der Waals surface area (Å²) >= 11 is 0. The summed E-state index contributed by atoms with van der Waals surface area (Å²) in [5, 5.41) is 3.03. The molecule has 1 N–H and O–H groups in total. The van der Waals surface area contributed by atoms with E-state index in [0.717, 1.165) is 25.3 Å². The zero-order chi connectivity index (χ0) is 18.6. The van der Waals surface area contributed by atoms with Gasteiger partial charge in [-0.25, -0.2) is 4.98 Å². The highest BCUT2D eigenvalue weighted by molar-refractivity contribution is 5.91. The molecule has 0 aliphatic carbocycles. The SMILES string of the molecule is Cc1cnc(C(=O)NCC2Cn3cccc3CN2Cc2ccccc2)cn1. The molecule has 1 atom stereocenters. The van der Waals surface area contributed by atoms with E-state index in [9.17, 15) is 4.79 Å². The maximum atomic E-state index is 12.4. The predicted molar refractivity (Wildman–Crippen MR) is 103 cm³/mol. The summed E-state index contributed by atoms with van der Waals surface area (Å²) in [6.45, 7) is 5.00. The van der Waals surface area contributed by atoms with Gasteiger partial charge in [-0.15, -0.1) is 0 Å². The lowest BCUT2D eigenvalue weighted by Gasteiger charge is -2.37. The highest BCUT2D eigenvalue weighted by Crippen LogP contribution is 2.20. The molecule has 3 aromatic rings. The first-order chi connectivity index (χ1) is 13.2. The number of aromatic nitrogens is 3. The number of benzene rings is 1. The van der Waals surface area contributed by atoms with Gasteiger partial charge >= 0.3 is 0 Å². The van der Waals surface area contributed by atoms with Crippen LogP contribution in [0.4, 0.5) is 0 Å². The molecule has 0 saturated carbocycles. The summed E-state index contributed by atoms with van der Waals surface area (Å²) in [5.41, 5.74) is 3.73. The Morgan fingerprint density at radius 3 is 2.78 bits per heavy atom. The van der Waals surface area contributed by atoms with Gasteiger partial charge in [0.15, 0.2) is 0 Å². The Bertz CT molecular complexity index is 904. The van der Waals surface area contributed by atoms with E-state index in [2.05, 4.69) is 67.3 Å². The summed E-state index contributed by atoms with van der Waals surface area (Å²) in [7, 11) is 0. The van der Waals surface area contributed by atoms with Gasteiger partial charge in [0.1, 0.15) is 5.69 Å². The van der Waals surface area contributed by atoms with Gasteiger partial charge in [-0.1, -0.05) is 30.3 Å². The number of aryl methyl sites for hydroxylation is 1. The van der Waals surface area contributed by atoms with Gasteiger partial charge in [0.25, 0.3) is 5.91 Å². The van der Waals surface area contributed by atoms with Crippen molar-refractivity contribution in [3.05, 3.63) is 83.7 Å². The second kappa shape index (κ2) is 7.72. The van der Waals surface area contributed by atoms with Gasteiger partial charge in [0, 0.05) is 50.3 Å². The van der Waals surface area contributed by atoms with Crippen molar-refractivity contribution in [1.82, 2.24) is 24.8 Å². The molecule has 3 heterocycles. The van der Waals surface area contributed by atoms with Gasteiger partial charge in [-0.2, -0.15) is 0 Å². The molecule has 27 heavy (non-hydrogen) atoms. The van der Waals surface area contributed by atoms with Crippen molar-refractivity contribution in [2.75, 3.05) is 6.54 Å². The third-order valence-corrected chi connectivity index (χ3v) is 4.95. The van der Waals surface area contributed by atoms with E-state index in [1.807, 2.05) is 13.0 Å². The summed E-state index contributed by atoms with van der Waals surface area (Å²) in [4.78, 5) is 23.2. The number of rotatable bonds is 5. The van der Waals surface area contributed by atoms with Crippen LogP contribution >= 0.6 is 0 Å². The van der Waals surface area contributed by atoms with Gasteiger partial charge in [-0.05, 0) is 24.6 Å². The molecule has 2 aromatic heterocycles. The number of amides is 1. The molecule has 1 amide bonds. The molecule has 6 nitrogen and oxygen atoms in total. The van der Waals surface area contributed by atoms with Crippen LogP contribution in [-0.4, -0.2) is 37.9 Å². The van der Waals surface area contributed by atoms with E-state index in [1.165, 1.54) is 17.5 Å². The van der Waals surface area contributed by atoms with Crippen molar-refractivity contribution in [3.63, 3.8) is 0 Å². The van der Waals surface area contributed by atoms with Crippen LogP contribution in [0.15, 0.2) is 61.1 Å². The van der Waals surface area contributed by atoms with Crippen molar-refractivity contribution < 1.29 is 4.79 Å². The Morgan fingerprint density at radius 2 is 2.00 bits per heavy atom. The van der Waals surface area contributed by atoms with Gasteiger partial charge in [0.2, 0.25) is 0 Å². The van der Waals surface area contributed by atoms with Crippen molar-refractivity contribution in [3.8, 4) is 0 Å². The highest BCUT2D eigenvalue weighted by Gasteiger charge is 2.26. The first-order valence-electron chi connectivity index (χ1n) is 9.18. The number of nitrogens with zero attached hydrogens (tertiary/aromatic N) is 4. The third-order valence-electron chi connectivity index (χ3n) is 4.95. The van der Waals surface area contributed by atoms with E-state index in [-0.39, 0.29) is 11.9 Å². The van der Waals surface area contributed by atoms with E-state index in [1.54, 1.807) is 6.20 Å². The molecule has 6 heteroatoms. The topological polar surface area (TPSA) is 63.1 Å². The molecule has 0 spiro atoms. The number of carbonyl (C=O) groups excluding carboxylic acids is 1. The smallest absolute Gasteiger partial charge is 0.271 e. The molecule has 138 valence electrons. The Morgan fingerprint density at radius 1 is 1.15 bits per heavy atom. The van der Waals surface area contributed by atoms with Crippen LogP contribution in [0.5, 0.6) is 0 Å². The molecule has 4 rings (SSSR count). The highest BCUT2D eigenvalue weighted by atomic mass is 16.1. The summed E-state index contributed by atoms with van der Waals surface area (Å²) in [6, 6.07) is 14.9. The van der Waals surface area contributed by atoms with Crippen molar-refractivity contribution in [2.24, 2.45) is 0 Å². The van der Waals surface area contributed by atoms with Crippen molar-refractivity contribution >= 4 is 5.91 Å². The first kappa shape index (κ1) is 17.4. The summed E-state index contributed by atoms with van der Waals surface area (Å²) < 4.78 is 2.27. The number of carbonyl (C=O) groups is 1. The molecule has 1 aromatic carbocycles. The van der Waals surface area contributed by atoms with Crippen LogP contribution in [0.1, 0.15) is 27.4 Å². The zero-order valence-electron chi connectivity index (χ0n) is 15.4. The van der Waals surface area contributed by atoms with E-state index >= 15 is 0 Å². The van der Waals surface area contributed by atoms with Crippen LogP contribution in [0, 0.1) is 6.92 Å². The molecule has 1 unspecified atom stereocenters. The summed E-state index contributed by atoms with van der Waals surface area (Å²) in [5.74, 6) is -0.180. The fraction of sp³-hybridized carbons (Fsp3) is 0.286. The Hall–Kier alpha value is -2.99. The average molecular weight is 361 g/mol. The van der Waals surface area contributed by atoms with Gasteiger partial charge < -0.3 is 9.88 Å². The molecule has 1 aliphatic rings. The molecule has 0 radical (unpaired) electrons. The quantitative estimate of drug-likeness (QED) is 0.758. The Kier molecular flexibility index (Phi) is 4.98. The Balaban J connectivity index is 1.46. The van der Waals surface area contributed by atoms with Crippen LogP contribution in [0.3, 0.4) is 0 Å². The van der Waals surface area contributed by atoms with Crippen LogP contribution < -0.4 is 5.32 Å². The monoisotopic (exact) mass is 361 g/mol. The standard InChI is InChI=1S/C21H23N5O/c1-16-10-23-20(12-22-16)21(27)24-11-19-15-25-9-5-8-18(25)14-26(19)13-17-6-3-2-4-7-17/h2-10,12,19H,11,13-15H2,1H3,(H,24,27). The minimum Gasteiger partial charge on any atom is -0.349 e. The normalized spacial score (nSPS) is 16.7. The number of hydrogen-bond acceptors (Lipinski definition) is 4. The molecule has 0 bridgehead atoms.